The number of methoxy groups -OCH3 is 2. The average molecular weight is 477 g/mol. The van der Waals surface area contributed by atoms with Crippen LogP contribution in [-0.4, -0.2) is 34.0 Å². The van der Waals surface area contributed by atoms with Crippen molar-refractivity contribution in [3.63, 3.8) is 0 Å². The average Bonchev–Trinajstić information content (AvgIpc) is 2.92. The van der Waals surface area contributed by atoms with E-state index in [9.17, 15) is 0 Å². The maximum atomic E-state index is 5.41. The van der Waals surface area contributed by atoms with Gasteiger partial charge in [0.2, 0.25) is 0 Å². The van der Waals surface area contributed by atoms with Crippen molar-refractivity contribution in [1.29, 1.82) is 0 Å². The minimum absolute atomic E-state index is 0.808. The van der Waals surface area contributed by atoms with Crippen LogP contribution in [0.4, 0.5) is 11.4 Å². The van der Waals surface area contributed by atoms with E-state index in [2.05, 4.69) is 90.7 Å². The lowest BCUT2D eigenvalue weighted by Crippen LogP contribution is -2.08. The molecule has 0 aromatic heterocycles. The Kier molecular flexibility index (Phi) is 7.86. The highest BCUT2D eigenvalue weighted by molar-refractivity contribution is 6.35. The SMILES string of the molecule is COc1ccc(C(=Nc2ccc(C)cc2)/C(=C\c2ccc(N(C)C)cc2)c2ccc(OC)cc2)cc1. The van der Waals surface area contributed by atoms with E-state index in [-0.39, 0.29) is 0 Å². The number of allylic oxidation sites excluding steroid dienone is 1. The first kappa shape index (κ1) is 24.8. The summed E-state index contributed by atoms with van der Waals surface area (Å²) in [7, 11) is 7.45. The highest BCUT2D eigenvalue weighted by Crippen LogP contribution is 2.29. The summed E-state index contributed by atoms with van der Waals surface area (Å²) in [6.45, 7) is 2.08. The van der Waals surface area contributed by atoms with Crippen molar-refractivity contribution in [1.82, 2.24) is 0 Å². The number of benzene rings is 4. The molecule has 0 aliphatic rings. The minimum Gasteiger partial charge on any atom is -0.497 e. The molecule has 4 nitrogen and oxygen atoms in total. The molecule has 0 unspecified atom stereocenters. The predicted molar refractivity (Wildman–Crippen MR) is 152 cm³/mol. The van der Waals surface area contributed by atoms with Gasteiger partial charge >= 0.3 is 0 Å². The van der Waals surface area contributed by atoms with E-state index in [0.717, 1.165) is 50.8 Å². The maximum Gasteiger partial charge on any atom is 0.118 e. The second-order valence-electron chi connectivity index (χ2n) is 8.80. The summed E-state index contributed by atoms with van der Waals surface area (Å²) in [6.07, 6.45) is 2.19. The summed E-state index contributed by atoms with van der Waals surface area (Å²) in [6, 6.07) is 33.0. The molecule has 0 aliphatic heterocycles. The summed E-state index contributed by atoms with van der Waals surface area (Å²) in [4.78, 5) is 7.25. The zero-order valence-corrected chi connectivity index (χ0v) is 21.5. The van der Waals surface area contributed by atoms with E-state index in [1.165, 1.54) is 5.56 Å². The van der Waals surface area contributed by atoms with Crippen LogP contribution in [0.25, 0.3) is 11.6 Å². The van der Waals surface area contributed by atoms with Gasteiger partial charge in [0, 0.05) is 30.9 Å². The number of nitrogens with zero attached hydrogens (tertiary/aromatic N) is 2. The van der Waals surface area contributed by atoms with Crippen molar-refractivity contribution >= 4 is 28.7 Å². The fraction of sp³-hybridized carbons (Fsp3) is 0.156. The quantitative estimate of drug-likeness (QED) is 0.196. The van der Waals surface area contributed by atoms with Crippen molar-refractivity contribution < 1.29 is 9.47 Å². The number of hydrogen-bond donors (Lipinski definition) is 0. The molecule has 4 rings (SSSR count). The van der Waals surface area contributed by atoms with E-state index < -0.39 is 0 Å². The summed E-state index contributed by atoms with van der Waals surface area (Å²) in [5.74, 6) is 1.62. The van der Waals surface area contributed by atoms with Crippen molar-refractivity contribution in [2.24, 2.45) is 4.99 Å². The second-order valence-corrected chi connectivity index (χ2v) is 8.80. The fourth-order valence-electron chi connectivity index (χ4n) is 3.87. The molecular weight excluding hydrogens is 444 g/mol. The van der Waals surface area contributed by atoms with Crippen molar-refractivity contribution in [3.05, 3.63) is 119 Å². The van der Waals surface area contributed by atoms with E-state index in [4.69, 9.17) is 14.5 Å². The van der Waals surface area contributed by atoms with Gasteiger partial charge in [0.15, 0.2) is 0 Å². The lowest BCUT2D eigenvalue weighted by atomic mass is 9.93. The standard InChI is InChI=1S/C32H32N2O2/c1-23-6-14-27(15-7-23)33-32(26-12-20-30(36-5)21-13-26)31(25-10-18-29(35-4)19-11-25)22-24-8-16-28(17-9-24)34(2)3/h6-22H,1-5H3/b31-22-,33-32?. The predicted octanol–water partition coefficient (Wildman–Crippen LogP) is 7.44. The van der Waals surface area contributed by atoms with Gasteiger partial charge in [-0.3, -0.25) is 0 Å². The Labute approximate surface area is 214 Å². The molecule has 0 saturated heterocycles. The molecule has 0 fully saturated rings. The Hall–Kier alpha value is -4.31. The third-order valence-corrected chi connectivity index (χ3v) is 6.01. The number of hydrogen-bond acceptors (Lipinski definition) is 4. The van der Waals surface area contributed by atoms with Crippen LogP contribution in [0.15, 0.2) is 102 Å². The van der Waals surface area contributed by atoms with Gasteiger partial charge in [-0.05, 0) is 84.8 Å². The topological polar surface area (TPSA) is 34.1 Å². The van der Waals surface area contributed by atoms with E-state index >= 15 is 0 Å². The molecule has 0 spiro atoms. The second kappa shape index (κ2) is 11.4. The van der Waals surface area contributed by atoms with Crippen LogP contribution < -0.4 is 14.4 Å². The lowest BCUT2D eigenvalue weighted by molar-refractivity contribution is 0.414. The van der Waals surface area contributed by atoms with Gasteiger partial charge in [-0.1, -0.05) is 42.0 Å². The highest BCUT2D eigenvalue weighted by Gasteiger charge is 2.15. The normalized spacial score (nSPS) is 11.8. The maximum absolute atomic E-state index is 5.41. The summed E-state index contributed by atoms with van der Waals surface area (Å²) >= 11 is 0. The Morgan fingerprint density at radius 2 is 1.19 bits per heavy atom. The Morgan fingerprint density at radius 1 is 0.667 bits per heavy atom. The van der Waals surface area contributed by atoms with E-state index in [1.807, 2.05) is 38.4 Å². The monoisotopic (exact) mass is 476 g/mol. The highest BCUT2D eigenvalue weighted by atomic mass is 16.5. The zero-order chi connectivity index (χ0) is 25.5. The smallest absolute Gasteiger partial charge is 0.118 e. The molecule has 0 heterocycles. The number of aryl methyl sites for hydroxylation is 1. The van der Waals surface area contributed by atoms with Gasteiger partial charge in [0.25, 0.3) is 0 Å². The molecule has 0 bridgehead atoms. The van der Waals surface area contributed by atoms with Crippen LogP contribution in [0.2, 0.25) is 0 Å². The van der Waals surface area contributed by atoms with Crippen molar-refractivity contribution in [2.75, 3.05) is 33.2 Å². The molecule has 0 amide bonds. The largest absolute Gasteiger partial charge is 0.497 e. The Morgan fingerprint density at radius 3 is 1.69 bits per heavy atom. The molecule has 0 radical (unpaired) electrons. The Balaban J connectivity index is 1.92. The lowest BCUT2D eigenvalue weighted by Gasteiger charge is -2.15. The molecule has 4 heteroatoms. The molecule has 182 valence electrons. The number of aliphatic imine (C=N–C) groups is 1. The fourth-order valence-corrected chi connectivity index (χ4v) is 3.87. The summed E-state index contributed by atoms with van der Waals surface area (Å²) in [5.41, 5.74) is 8.29. The van der Waals surface area contributed by atoms with Crippen LogP contribution in [0.3, 0.4) is 0 Å². The third-order valence-electron chi connectivity index (χ3n) is 6.01. The van der Waals surface area contributed by atoms with Crippen molar-refractivity contribution in [3.8, 4) is 11.5 Å². The molecule has 4 aromatic rings. The van der Waals surface area contributed by atoms with Gasteiger partial charge < -0.3 is 14.4 Å². The van der Waals surface area contributed by atoms with Crippen LogP contribution in [0.1, 0.15) is 22.3 Å². The molecule has 36 heavy (non-hydrogen) atoms. The minimum atomic E-state index is 0.808. The molecular formula is C32H32N2O2. The zero-order valence-electron chi connectivity index (χ0n) is 21.5. The third kappa shape index (κ3) is 6.02. The molecule has 0 saturated carbocycles. The molecule has 4 aromatic carbocycles. The summed E-state index contributed by atoms with van der Waals surface area (Å²) in [5, 5.41) is 0. The first-order valence-electron chi connectivity index (χ1n) is 11.9. The number of rotatable bonds is 8. The van der Waals surface area contributed by atoms with Crippen LogP contribution in [0, 0.1) is 6.92 Å². The van der Waals surface area contributed by atoms with E-state index in [0.29, 0.717) is 0 Å². The van der Waals surface area contributed by atoms with Crippen LogP contribution in [0.5, 0.6) is 11.5 Å². The van der Waals surface area contributed by atoms with Gasteiger partial charge in [-0.15, -0.1) is 0 Å². The van der Waals surface area contributed by atoms with Gasteiger partial charge in [-0.2, -0.15) is 0 Å². The Bertz CT molecular complexity index is 1330. The van der Waals surface area contributed by atoms with Crippen LogP contribution in [-0.2, 0) is 0 Å². The molecule has 0 N–H and O–H groups in total. The van der Waals surface area contributed by atoms with E-state index in [1.54, 1.807) is 14.2 Å². The number of anilines is 1. The first-order valence-corrected chi connectivity index (χ1v) is 11.9. The number of ether oxygens (including phenoxy) is 2. The molecule has 0 aliphatic carbocycles. The molecule has 0 atom stereocenters. The van der Waals surface area contributed by atoms with Crippen molar-refractivity contribution in [2.45, 2.75) is 6.92 Å². The van der Waals surface area contributed by atoms with Gasteiger partial charge in [0.05, 0.1) is 25.6 Å². The van der Waals surface area contributed by atoms with Crippen LogP contribution >= 0.6 is 0 Å². The van der Waals surface area contributed by atoms with Gasteiger partial charge in [-0.25, -0.2) is 4.99 Å². The first-order chi connectivity index (χ1) is 17.5. The summed E-state index contributed by atoms with van der Waals surface area (Å²) < 4.78 is 10.8. The van der Waals surface area contributed by atoms with Gasteiger partial charge in [0.1, 0.15) is 11.5 Å².